The topological polar surface area (TPSA) is 69.6 Å². The van der Waals surface area contributed by atoms with Crippen molar-refractivity contribution in [3.8, 4) is 0 Å². The summed E-state index contributed by atoms with van der Waals surface area (Å²) in [5.41, 5.74) is 3.31. The van der Waals surface area contributed by atoms with Crippen LogP contribution >= 0.6 is 11.3 Å². The normalized spacial score (nSPS) is 13.7. The van der Waals surface area contributed by atoms with E-state index in [2.05, 4.69) is 33.6 Å². The van der Waals surface area contributed by atoms with Crippen molar-refractivity contribution in [1.82, 2.24) is 15.6 Å². The van der Waals surface area contributed by atoms with Gasteiger partial charge in [0.15, 0.2) is 5.96 Å². The van der Waals surface area contributed by atoms with Crippen molar-refractivity contribution in [1.29, 1.82) is 0 Å². The Hall–Kier alpha value is -2.41. The van der Waals surface area contributed by atoms with E-state index in [1.165, 1.54) is 10.4 Å². The van der Waals surface area contributed by atoms with E-state index in [4.69, 9.17) is 0 Å². The molecule has 0 bridgehead atoms. The summed E-state index contributed by atoms with van der Waals surface area (Å²) in [6.45, 7) is 8.29. The Labute approximate surface area is 158 Å². The van der Waals surface area contributed by atoms with Gasteiger partial charge in [0.25, 0.3) is 0 Å². The van der Waals surface area contributed by atoms with Crippen LogP contribution in [0.2, 0.25) is 0 Å². The minimum atomic E-state index is 0.0214. The first-order valence-electron chi connectivity index (χ1n) is 8.92. The first-order valence-corrected chi connectivity index (χ1v) is 9.73. The summed E-state index contributed by atoms with van der Waals surface area (Å²) in [6, 6.07) is 8.06. The van der Waals surface area contributed by atoms with Crippen LogP contribution in [-0.2, 0) is 17.8 Å². The number of rotatable bonds is 5. The van der Waals surface area contributed by atoms with Gasteiger partial charge in [-0.3, -0.25) is 4.79 Å². The number of benzene rings is 1. The minimum absolute atomic E-state index is 0.0214. The fraction of sp³-hybridized carbons (Fsp3) is 0.421. The average Bonchev–Trinajstić information content (AvgIpc) is 3.20. The number of anilines is 1. The summed E-state index contributed by atoms with van der Waals surface area (Å²) in [5.74, 6) is 0.659. The first-order chi connectivity index (χ1) is 12.6. The van der Waals surface area contributed by atoms with Crippen LogP contribution in [-0.4, -0.2) is 36.5 Å². The van der Waals surface area contributed by atoms with Crippen molar-refractivity contribution in [3.63, 3.8) is 0 Å². The Kier molecular flexibility index (Phi) is 5.88. The van der Waals surface area contributed by atoms with E-state index in [1.807, 2.05) is 36.9 Å². The predicted molar refractivity (Wildman–Crippen MR) is 107 cm³/mol. The molecule has 0 saturated carbocycles. The lowest BCUT2D eigenvalue weighted by atomic mass is 10.2. The maximum Gasteiger partial charge on any atom is 0.248 e. The van der Waals surface area contributed by atoms with Crippen molar-refractivity contribution in [2.75, 3.05) is 24.5 Å². The maximum atomic E-state index is 12.6. The van der Waals surface area contributed by atoms with Crippen LogP contribution < -0.4 is 15.5 Å². The van der Waals surface area contributed by atoms with Gasteiger partial charge in [0.05, 0.1) is 12.2 Å². The number of carbonyl (C=O) groups excluding carboxylic acids is 1. The molecule has 2 N–H and O–H groups in total. The molecule has 1 aliphatic heterocycles. The smallest absolute Gasteiger partial charge is 0.248 e. The third-order valence-corrected chi connectivity index (χ3v) is 5.46. The van der Waals surface area contributed by atoms with E-state index in [0.717, 1.165) is 35.9 Å². The van der Waals surface area contributed by atoms with Gasteiger partial charge in [0.2, 0.25) is 5.91 Å². The molecule has 26 heavy (non-hydrogen) atoms. The molecule has 1 aliphatic rings. The van der Waals surface area contributed by atoms with Crippen LogP contribution in [0.15, 0.2) is 29.3 Å². The zero-order chi connectivity index (χ0) is 18.5. The second-order valence-electron chi connectivity index (χ2n) is 6.22. The quantitative estimate of drug-likeness (QED) is 0.626. The highest BCUT2D eigenvalue weighted by Gasteiger charge is 2.23. The van der Waals surface area contributed by atoms with E-state index in [1.54, 1.807) is 11.3 Å². The van der Waals surface area contributed by atoms with E-state index in [0.29, 0.717) is 12.5 Å². The molecule has 1 amide bonds. The molecule has 3 rings (SSSR count). The SMILES string of the molecule is CCNC(=NCC(=O)N1CCc2ccccc21)NCc1nc(C)c(C)s1. The van der Waals surface area contributed by atoms with Gasteiger partial charge in [-0.05, 0) is 38.8 Å². The molecule has 0 atom stereocenters. The summed E-state index contributed by atoms with van der Waals surface area (Å²) >= 11 is 1.68. The molecular formula is C19H25N5OS. The number of nitrogens with zero attached hydrogens (tertiary/aromatic N) is 3. The molecule has 0 radical (unpaired) electrons. The third kappa shape index (κ3) is 4.22. The standard InChI is InChI=1S/C19H25N5OS/c1-4-20-19(21-11-17-23-13(2)14(3)26-17)22-12-18(25)24-10-9-15-7-5-6-8-16(15)24/h5-8H,4,9-12H2,1-3H3,(H2,20,21,22). The molecule has 0 fully saturated rings. The fourth-order valence-electron chi connectivity index (χ4n) is 2.95. The van der Waals surface area contributed by atoms with Crippen molar-refractivity contribution in [2.24, 2.45) is 4.99 Å². The first kappa shape index (κ1) is 18.4. The average molecular weight is 372 g/mol. The summed E-state index contributed by atoms with van der Waals surface area (Å²) in [4.78, 5) is 24.6. The number of para-hydroxylation sites is 1. The number of carbonyl (C=O) groups is 1. The lowest BCUT2D eigenvalue weighted by molar-refractivity contribution is -0.117. The minimum Gasteiger partial charge on any atom is -0.357 e. The lowest BCUT2D eigenvalue weighted by Gasteiger charge is -2.16. The van der Waals surface area contributed by atoms with Gasteiger partial charge in [-0.1, -0.05) is 18.2 Å². The summed E-state index contributed by atoms with van der Waals surface area (Å²) in [7, 11) is 0. The number of aryl methyl sites for hydroxylation is 2. The Morgan fingerprint density at radius 2 is 2.12 bits per heavy atom. The number of aromatic nitrogens is 1. The zero-order valence-electron chi connectivity index (χ0n) is 15.5. The lowest BCUT2D eigenvalue weighted by Crippen LogP contribution is -2.38. The van der Waals surface area contributed by atoms with Gasteiger partial charge in [-0.2, -0.15) is 0 Å². The molecule has 1 aromatic carbocycles. The van der Waals surface area contributed by atoms with Crippen molar-refractivity contribution >= 4 is 28.9 Å². The number of fused-ring (bicyclic) bond motifs is 1. The van der Waals surface area contributed by atoms with Gasteiger partial charge < -0.3 is 15.5 Å². The predicted octanol–water partition coefficient (Wildman–Crippen LogP) is 2.40. The summed E-state index contributed by atoms with van der Waals surface area (Å²) in [5, 5.41) is 7.46. The molecule has 7 heteroatoms. The second-order valence-corrected chi connectivity index (χ2v) is 7.51. The van der Waals surface area contributed by atoms with Crippen LogP contribution in [0.5, 0.6) is 0 Å². The molecule has 1 aromatic heterocycles. The van der Waals surface area contributed by atoms with Gasteiger partial charge in [-0.25, -0.2) is 9.98 Å². The van der Waals surface area contributed by atoms with E-state index >= 15 is 0 Å². The van der Waals surface area contributed by atoms with E-state index < -0.39 is 0 Å². The number of guanidine groups is 1. The van der Waals surface area contributed by atoms with Crippen molar-refractivity contribution in [3.05, 3.63) is 45.4 Å². The molecule has 0 spiro atoms. The number of thiazole rings is 1. The fourth-order valence-corrected chi connectivity index (χ4v) is 3.82. The number of amides is 1. The van der Waals surface area contributed by atoms with Gasteiger partial charge >= 0.3 is 0 Å². The number of aliphatic imine (C=N–C) groups is 1. The van der Waals surface area contributed by atoms with Gasteiger partial charge in [0, 0.05) is 23.7 Å². The van der Waals surface area contributed by atoms with Crippen molar-refractivity contribution < 1.29 is 4.79 Å². The number of nitrogens with one attached hydrogen (secondary N) is 2. The largest absolute Gasteiger partial charge is 0.357 e. The molecule has 2 aromatic rings. The molecule has 138 valence electrons. The highest BCUT2D eigenvalue weighted by molar-refractivity contribution is 7.11. The Morgan fingerprint density at radius 3 is 2.85 bits per heavy atom. The van der Waals surface area contributed by atoms with E-state index in [-0.39, 0.29) is 12.5 Å². The highest BCUT2D eigenvalue weighted by atomic mass is 32.1. The highest BCUT2D eigenvalue weighted by Crippen LogP contribution is 2.27. The molecular weight excluding hydrogens is 346 g/mol. The Balaban J connectivity index is 1.61. The van der Waals surface area contributed by atoms with Crippen LogP contribution in [0.25, 0.3) is 0 Å². The maximum absolute atomic E-state index is 12.6. The Bertz CT molecular complexity index is 795. The monoisotopic (exact) mass is 371 g/mol. The summed E-state index contributed by atoms with van der Waals surface area (Å²) in [6.07, 6.45) is 0.909. The number of hydrogen-bond donors (Lipinski definition) is 2. The number of hydrogen-bond acceptors (Lipinski definition) is 4. The second kappa shape index (κ2) is 8.31. The molecule has 0 aliphatic carbocycles. The molecule has 0 saturated heterocycles. The summed E-state index contributed by atoms with van der Waals surface area (Å²) < 4.78 is 0. The zero-order valence-corrected chi connectivity index (χ0v) is 16.3. The van der Waals surface area contributed by atoms with Crippen LogP contribution in [0.4, 0.5) is 5.69 Å². The molecule has 2 heterocycles. The third-order valence-electron chi connectivity index (χ3n) is 4.38. The van der Waals surface area contributed by atoms with Gasteiger partial charge in [-0.15, -0.1) is 11.3 Å². The molecule has 0 unspecified atom stereocenters. The van der Waals surface area contributed by atoms with Crippen molar-refractivity contribution in [2.45, 2.75) is 33.7 Å². The molecule has 6 nitrogen and oxygen atoms in total. The Morgan fingerprint density at radius 1 is 1.31 bits per heavy atom. The van der Waals surface area contributed by atoms with E-state index in [9.17, 15) is 4.79 Å². The van der Waals surface area contributed by atoms with Crippen LogP contribution in [0, 0.1) is 13.8 Å². The van der Waals surface area contributed by atoms with Crippen LogP contribution in [0.3, 0.4) is 0 Å². The van der Waals surface area contributed by atoms with Crippen LogP contribution in [0.1, 0.15) is 28.1 Å². The van der Waals surface area contributed by atoms with Gasteiger partial charge in [0.1, 0.15) is 11.6 Å².